The number of piperidine rings is 3. The van der Waals surface area contributed by atoms with E-state index < -0.39 is 0 Å². The Bertz CT molecular complexity index is 327. The molecular weight excluding hydrogens is 322 g/mol. The van der Waals surface area contributed by atoms with Crippen LogP contribution in [0.2, 0.25) is 0 Å². The number of unbranched alkanes of at least 4 members (excludes halogenated alkanes) is 8. The van der Waals surface area contributed by atoms with Gasteiger partial charge in [-0.3, -0.25) is 9.28 Å². The number of fused-ring (bicyclic) bond motifs is 3. The summed E-state index contributed by atoms with van der Waals surface area (Å²) in [6.45, 7) is 6.60. The minimum Gasteiger partial charge on any atom is -1.00 e. The number of hydrogen-bond donors (Lipinski definition) is 0. The fourth-order valence-electron chi connectivity index (χ4n) is 4.19. The van der Waals surface area contributed by atoms with Crippen LogP contribution in [0, 0.1) is 5.92 Å². The van der Waals surface area contributed by atoms with Crippen LogP contribution in [0.3, 0.4) is 0 Å². The van der Waals surface area contributed by atoms with Crippen LogP contribution in [0.25, 0.3) is 0 Å². The summed E-state index contributed by atoms with van der Waals surface area (Å²) in [4.78, 5) is 11.9. The molecule has 0 spiro atoms. The molecule has 142 valence electrons. The molecule has 24 heavy (non-hydrogen) atoms. The minimum absolute atomic E-state index is 0. The van der Waals surface area contributed by atoms with Crippen LogP contribution < -0.4 is 12.4 Å². The summed E-state index contributed by atoms with van der Waals surface area (Å²) in [5, 5.41) is 0. The van der Waals surface area contributed by atoms with Gasteiger partial charge in [0, 0.05) is 6.42 Å². The predicted octanol–water partition coefficient (Wildman–Crippen LogP) is 2.04. The smallest absolute Gasteiger partial charge is 0.310 e. The SMILES string of the molecule is CCCCCCCCCCCC(=O)OC[N+]12CCC(CC1)CC2.[Cl-]. The predicted molar refractivity (Wildman–Crippen MR) is 95.0 cm³/mol. The number of halogens is 1. The van der Waals surface area contributed by atoms with E-state index in [-0.39, 0.29) is 18.4 Å². The van der Waals surface area contributed by atoms with E-state index in [0.29, 0.717) is 13.2 Å². The number of esters is 1. The normalized spacial score (nSPS) is 25.3. The lowest BCUT2D eigenvalue weighted by molar-refractivity contribution is -0.957. The number of rotatable bonds is 12. The van der Waals surface area contributed by atoms with Crippen LogP contribution in [0.5, 0.6) is 0 Å². The Morgan fingerprint density at radius 1 is 0.875 bits per heavy atom. The molecule has 3 saturated heterocycles. The van der Waals surface area contributed by atoms with E-state index in [9.17, 15) is 4.79 Å². The number of hydrogen-bond acceptors (Lipinski definition) is 2. The molecule has 0 N–H and O–H groups in total. The number of carbonyl (C=O) groups excluding carboxylic acids is 1. The van der Waals surface area contributed by atoms with Gasteiger partial charge >= 0.3 is 5.97 Å². The van der Waals surface area contributed by atoms with E-state index in [1.807, 2.05) is 0 Å². The summed E-state index contributed by atoms with van der Waals surface area (Å²) in [6.07, 6.45) is 16.3. The van der Waals surface area contributed by atoms with E-state index in [0.717, 1.165) is 16.8 Å². The molecule has 4 heteroatoms. The third-order valence-corrected chi connectivity index (χ3v) is 6.02. The van der Waals surface area contributed by atoms with Crippen LogP contribution in [-0.4, -0.2) is 36.8 Å². The van der Waals surface area contributed by atoms with Crippen molar-refractivity contribution < 1.29 is 26.4 Å². The zero-order valence-electron chi connectivity index (χ0n) is 15.7. The lowest BCUT2D eigenvalue weighted by atomic mass is 9.86. The Morgan fingerprint density at radius 3 is 1.92 bits per heavy atom. The maximum atomic E-state index is 11.9. The summed E-state index contributed by atoms with van der Waals surface area (Å²) in [7, 11) is 0. The number of ether oxygens (including phenoxy) is 1. The van der Waals surface area contributed by atoms with Gasteiger partial charge in [0.15, 0.2) is 0 Å². The lowest BCUT2D eigenvalue weighted by Gasteiger charge is -2.48. The van der Waals surface area contributed by atoms with Crippen molar-refractivity contribution in [3.05, 3.63) is 0 Å². The van der Waals surface area contributed by atoms with Gasteiger partial charge in [-0.25, -0.2) is 0 Å². The maximum absolute atomic E-state index is 11.9. The first-order valence-corrected chi connectivity index (χ1v) is 10.2. The Balaban J connectivity index is 0.00000288. The zero-order valence-corrected chi connectivity index (χ0v) is 16.5. The van der Waals surface area contributed by atoms with Crippen molar-refractivity contribution in [3.63, 3.8) is 0 Å². The highest BCUT2D eigenvalue weighted by Gasteiger charge is 2.40. The van der Waals surface area contributed by atoms with Crippen LogP contribution in [-0.2, 0) is 9.53 Å². The highest BCUT2D eigenvalue weighted by molar-refractivity contribution is 5.69. The van der Waals surface area contributed by atoms with E-state index in [4.69, 9.17) is 4.74 Å². The van der Waals surface area contributed by atoms with Gasteiger partial charge in [0.1, 0.15) is 0 Å². The van der Waals surface area contributed by atoms with Gasteiger partial charge in [-0.05, 0) is 31.6 Å². The first-order valence-electron chi connectivity index (χ1n) is 10.2. The minimum atomic E-state index is 0. The van der Waals surface area contributed by atoms with Gasteiger partial charge in [-0.1, -0.05) is 58.3 Å². The standard InChI is InChI=1S/C20H38NO2.ClH/c1-2-3-4-5-6-7-8-9-10-11-20(22)23-18-21-15-12-19(13-16-21)14-17-21;/h19H,2-18H2,1H3;1H/q+1;/p-1. The Morgan fingerprint density at radius 2 is 1.38 bits per heavy atom. The van der Waals surface area contributed by atoms with Crippen molar-refractivity contribution in [1.29, 1.82) is 0 Å². The zero-order chi connectivity index (χ0) is 16.4. The van der Waals surface area contributed by atoms with Crippen LogP contribution >= 0.6 is 0 Å². The van der Waals surface area contributed by atoms with Crippen LogP contribution in [0.4, 0.5) is 0 Å². The Kier molecular flexibility index (Phi) is 11.0. The molecule has 3 aliphatic rings. The molecule has 0 amide bonds. The molecule has 0 atom stereocenters. The van der Waals surface area contributed by atoms with Crippen molar-refractivity contribution in [1.82, 2.24) is 0 Å². The summed E-state index contributed by atoms with van der Waals surface area (Å²) in [5.74, 6) is 1.00. The van der Waals surface area contributed by atoms with E-state index in [1.54, 1.807) is 0 Å². The quantitative estimate of drug-likeness (QED) is 0.303. The summed E-state index contributed by atoms with van der Waals surface area (Å²) in [6, 6.07) is 0. The first-order chi connectivity index (χ1) is 11.2. The second-order valence-electron chi connectivity index (χ2n) is 7.97. The van der Waals surface area contributed by atoms with Gasteiger partial charge in [0.25, 0.3) is 0 Å². The molecule has 0 saturated carbocycles. The molecule has 0 aromatic carbocycles. The van der Waals surface area contributed by atoms with E-state index in [1.165, 1.54) is 90.3 Å². The number of carbonyl (C=O) groups is 1. The molecule has 3 fully saturated rings. The van der Waals surface area contributed by atoms with Crippen molar-refractivity contribution in [2.75, 3.05) is 26.4 Å². The fourth-order valence-corrected chi connectivity index (χ4v) is 4.19. The third kappa shape index (κ3) is 7.74. The Labute approximate surface area is 155 Å². The first kappa shape index (κ1) is 21.8. The largest absolute Gasteiger partial charge is 1.00 e. The molecule has 3 aliphatic heterocycles. The molecule has 0 unspecified atom stereocenters. The van der Waals surface area contributed by atoms with Gasteiger partial charge < -0.3 is 17.1 Å². The third-order valence-electron chi connectivity index (χ3n) is 6.02. The fraction of sp³-hybridized carbons (Fsp3) is 0.950. The van der Waals surface area contributed by atoms with E-state index >= 15 is 0 Å². The van der Waals surface area contributed by atoms with Crippen molar-refractivity contribution in [3.8, 4) is 0 Å². The molecule has 3 rings (SSSR count). The molecule has 3 nitrogen and oxygen atoms in total. The maximum Gasteiger partial charge on any atom is 0.310 e. The number of nitrogens with zero attached hydrogens (tertiary/aromatic N) is 1. The van der Waals surface area contributed by atoms with E-state index in [2.05, 4.69) is 6.92 Å². The van der Waals surface area contributed by atoms with Gasteiger partial charge in [0.05, 0.1) is 19.6 Å². The van der Waals surface area contributed by atoms with Crippen LogP contribution in [0.1, 0.15) is 90.4 Å². The monoisotopic (exact) mass is 359 g/mol. The van der Waals surface area contributed by atoms with Gasteiger partial charge in [-0.15, -0.1) is 0 Å². The summed E-state index contributed by atoms with van der Waals surface area (Å²) in [5.41, 5.74) is 0. The summed E-state index contributed by atoms with van der Waals surface area (Å²) < 4.78 is 6.66. The molecule has 0 aliphatic carbocycles. The lowest BCUT2D eigenvalue weighted by Crippen LogP contribution is -3.00. The molecular formula is C20H38ClNO2. The molecule has 0 aromatic rings. The second-order valence-corrected chi connectivity index (χ2v) is 7.97. The topological polar surface area (TPSA) is 26.3 Å². The summed E-state index contributed by atoms with van der Waals surface area (Å²) >= 11 is 0. The number of quaternary nitrogens is 1. The van der Waals surface area contributed by atoms with Crippen molar-refractivity contribution in [2.24, 2.45) is 5.92 Å². The molecule has 0 radical (unpaired) electrons. The highest BCUT2D eigenvalue weighted by Crippen LogP contribution is 2.33. The van der Waals surface area contributed by atoms with Crippen LogP contribution in [0.15, 0.2) is 0 Å². The van der Waals surface area contributed by atoms with Gasteiger partial charge in [-0.2, -0.15) is 0 Å². The van der Waals surface area contributed by atoms with Crippen molar-refractivity contribution in [2.45, 2.75) is 90.4 Å². The highest BCUT2D eigenvalue weighted by atomic mass is 35.5. The Hall–Kier alpha value is -0.280. The van der Waals surface area contributed by atoms with Crippen molar-refractivity contribution >= 4 is 5.97 Å². The second kappa shape index (κ2) is 12.1. The molecule has 0 aromatic heterocycles. The average Bonchev–Trinajstić information content (AvgIpc) is 2.60. The average molecular weight is 360 g/mol. The van der Waals surface area contributed by atoms with Gasteiger partial charge in [0.2, 0.25) is 6.73 Å². The molecule has 3 heterocycles. The molecule has 2 bridgehead atoms.